The second-order valence-corrected chi connectivity index (χ2v) is 5.69. The van der Waals surface area contributed by atoms with Crippen molar-refractivity contribution in [1.29, 1.82) is 0 Å². The van der Waals surface area contributed by atoms with Crippen LogP contribution in [0.15, 0.2) is 43.0 Å². The molecule has 0 aromatic heterocycles. The molecule has 0 aliphatic carbocycles. The molecule has 1 aromatic carbocycles. The molecule has 6 heteroatoms. The summed E-state index contributed by atoms with van der Waals surface area (Å²) in [6, 6.07) is 8.70. The number of hydroxylamine groups is 2. The van der Waals surface area contributed by atoms with Crippen LogP contribution in [0.3, 0.4) is 0 Å². The quantitative estimate of drug-likeness (QED) is 0.596. The van der Waals surface area contributed by atoms with E-state index in [9.17, 15) is 9.59 Å². The highest BCUT2D eigenvalue weighted by atomic mass is 16.7. The Kier molecular flexibility index (Phi) is 4.62. The van der Waals surface area contributed by atoms with Gasteiger partial charge < -0.3 is 9.64 Å². The van der Waals surface area contributed by atoms with Gasteiger partial charge in [0.1, 0.15) is 12.6 Å². The Morgan fingerprint density at radius 1 is 1.30 bits per heavy atom. The third kappa shape index (κ3) is 3.22. The minimum atomic E-state index is -0.528. The van der Waals surface area contributed by atoms with Crippen molar-refractivity contribution in [3.05, 3.63) is 48.6 Å². The van der Waals surface area contributed by atoms with Crippen molar-refractivity contribution in [3.8, 4) is 0 Å². The molecular weight excluding hydrogens is 296 g/mol. The zero-order valence-corrected chi connectivity index (χ0v) is 12.9. The molecule has 1 aromatic rings. The maximum atomic E-state index is 12.4. The highest BCUT2D eigenvalue weighted by molar-refractivity contribution is 5.85. The predicted octanol–water partition coefficient (Wildman–Crippen LogP) is 2.12. The van der Waals surface area contributed by atoms with Crippen LogP contribution in [0.4, 0.5) is 4.79 Å². The molecule has 2 atom stereocenters. The minimum Gasteiger partial charge on any atom is -0.459 e. The summed E-state index contributed by atoms with van der Waals surface area (Å²) in [6.07, 6.45) is 2.92. The first-order chi connectivity index (χ1) is 11.2. The Bertz CT molecular complexity index is 590. The fraction of sp³-hybridized carbons (Fsp3) is 0.412. The number of benzene rings is 1. The number of hydrogen-bond acceptors (Lipinski definition) is 4. The SMILES string of the molecule is C=CCON1C(=O)N2C[C@H]1CC[C@@H]2C(=O)OCc1ccccc1. The van der Waals surface area contributed by atoms with E-state index in [0.717, 1.165) is 12.0 Å². The minimum absolute atomic E-state index is 0.000577. The van der Waals surface area contributed by atoms with Crippen LogP contribution in [0, 0.1) is 0 Å². The number of fused-ring (bicyclic) bond motifs is 2. The summed E-state index contributed by atoms with van der Waals surface area (Å²) in [7, 11) is 0. The molecule has 23 heavy (non-hydrogen) atoms. The van der Waals surface area contributed by atoms with E-state index in [2.05, 4.69) is 6.58 Å². The lowest BCUT2D eigenvalue weighted by Gasteiger charge is -2.28. The second-order valence-electron chi connectivity index (χ2n) is 5.69. The van der Waals surface area contributed by atoms with E-state index in [4.69, 9.17) is 9.57 Å². The molecular formula is C17H20N2O4. The second kappa shape index (κ2) is 6.83. The number of rotatable bonds is 6. The summed E-state index contributed by atoms with van der Waals surface area (Å²) >= 11 is 0. The Morgan fingerprint density at radius 2 is 2.09 bits per heavy atom. The molecule has 2 bridgehead atoms. The Balaban J connectivity index is 1.60. The average Bonchev–Trinajstić information content (AvgIpc) is 2.83. The molecule has 0 N–H and O–H groups in total. The van der Waals surface area contributed by atoms with Crippen molar-refractivity contribution in [1.82, 2.24) is 9.96 Å². The highest BCUT2D eigenvalue weighted by Crippen LogP contribution is 2.30. The van der Waals surface area contributed by atoms with Gasteiger partial charge in [-0.2, -0.15) is 5.06 Å². The molecule has 2 amide bonds. The molecule has 2 saturated heterocycles. The van der Waals surface area contributed by atoms with Crippen molar-refractivity contribution in [2.45, 2.75) is 31.5 Å². The summed E-state index contributed by atoms with van der Waals surface area (Å²) in [5, 5.41) is 1.37. The monoisotopic (exact) mass is 316 g/mol. The van der Waals surface area contributed by atoms with Gasteiger partial charge in [0.25, 0.3) is 0 Å². The third-order valence-corrected chi connectivity index (χ3v) is 4.15. The number of carbonyl (C=O) groups is 2. The number of amides is 2. The predicted molar refractivity (Wildman–Crippen MR) is 83.1 cm³/mol. The maximum absolute atomic E-state index is 12.4. The largest absolute Gasteiger partial charge is 0.459 e. The number of esters is 1. The van der Waals surface area contributed by atoms with Crippen molar-refractivity contribution in [2.75, 3.05) is 13.2 Å². The molecule has 0 saturated carbocycles. The van der Waals surface area contributed by atoms with Crippen molar-refractivity contribution >= 4 is 12.0 Å². The molecule has 0 unspecified atom stereocenters. The standard InChI is InChI=1S/C17H20N2O4/c1-2-10-23-19-14-8-9-15(18(11-14)17(19)21)16(20)22-12-13-6-4-3-5-7-13/h2-7,14-15H,1,8-12H2/t14-,15-/m1/s1. The van der Waals surface area contributed by atoms with Crippen LogP contribution in [0.5, 0.6) is 0 Å². The number of carbonyl (C=O) groups excluding carboxylic acids is 2. The van der Waals surface area contributed by atoms with Crippen LogP contribution in [0.25, 0.3) is 0 Å². The van der Waals surface area contributed by atoms with Gasteiger partial charge in [-0.15, -0.1) is 6.58 Å². The average molecular weight is 316 g/mol. The van der Waals surface area contributed by atoms with Crippen LogP contribution >= 0.6 is 0 Å². The van der Waals surface area contributed by atoms with Gasteiger partial charge in [-0.3, -0.25) is 4.84 Å². The Labute approximate surface area is 135 Å². The number of urea groups is 1. The van der Waals surface area contributed by atoms with Crippen LogP contribution in [-0.2, 0) is 21.0 Å². The van der Waals surface area contributed by atoms with Crippen molar-refractivity contribution in [2.24, 2.45) is 0 Å². The van der Waals surface area contributed by atoms with Gasteiger partial charge in [0.15, 0.2) is 0 Å². The highest BCUT2D eigenvalue weighted by Gasteiger charge is 2.48. The summed E-state index contributed by atoms with van der Waals surface area (Å²) < 4.78 is 5.37. The molecule has 3 rings (SSSR count). The molecule has 0 radical (unpaired) electrons. The first-order valence-electron chi connectivity index (χ1n) is 7.75. The van der Waals surface area contributed by atoms with Crippen LogP contribution in [0.2, 0.25) is 0 Å². The van der Waals surface area contributed by atoms with E-state index in [1.807, 2.05) is 30.3 Å². The zero-order chi connectivity index (χ0) is 16.2. The number of piperidine rings is 1. The molecule has 2 fully saturated rings. The smallest absolute Gasteiger partial charge is 0.345 e. The molecule has 122 valence electrons. The third-order valence-electron chi connectivity index (χ3n) is 4.15. The maximum Gasteiger partial charge on any atom is 0.345 e. The Hall–Kier alpha value is -2.34. The molecule has 2 aliphatic rings. The molecule has 0 spiro atoms. The lowest BCUT2D eigenvalue weighted by atomic mass is 10.0. The van der Waals surface area contributed by atoms with Crippen LogP contribution < -0.4 is 0 Å². The van der Waals surface area contributed by atoms with E-state index in [-0.39, 0.29) is 31.3 Å². The van der Waals surface area contributed by atoms with E-state index in [1.165, 1.54) is 5.06 Å². The fourth-order valence-electron chi connectivity index (χ4n) is 3.00. The zero-order valence-electron chi connectivity index (χ0n) is 12.9. The van der Waals surface area contributed by atoms with Crippen LogP contribution in [0.1, 0.15) is 18.4 Å². The van der Waals surface area contributed by atoms with Crippen molar-refractivity contribution in [3.63, 3.8) is 0 Å². The van der Waals surface area contributed by atoms with Crippen LogP contribution in [-0.4, -0.2) is 47.2 Å². The summed E-state index contributed by atoms with van der Waals surface area (Å²) in [4.78, 5) is 31.7. The van der Waals surface area contributed by atoms with Crippen molar-refractivity contribution < 1.29 is 19.2 Å². The van der Waals surface area contributed by atoms with Gasteiger partial charge in [-0.25, -0.2) is 9.59 Å². The van der Waals surface area contributed by atoms with E-state index >= 15 is 0 Å². The summed E-state index contributed by atoms with van der Waals surface area (Å²) in [5.41, 5.74) is 0.929. The summed E-state index contributed by atoms with van der Waals surface area (Å²) in [6.45, 7) is 4.58. The lowest BCUT2D eigenvalue weighted by Crippen LogP contribution is -2.45. The molecule has 2 aliphatic heterocycles. The van der Waals surface area contributed by atoms with E-state index in [0.29, 0.717) is 13.0 Å². The van der Waals surface area contributed by atoms with Gasteiger partial charge in [-0.05, 0) is 18.4 Å². The summed E-state index contributed by atoms with van der Waals surface area (Å²) in [5.74, 6) is -0.355. The van der Waals surface area contributed by atoms with E-state index in [1.54, 1.807) is 11.0 Å². The Morgan fingerprint density at radius 3 is 2.83 bits per heavy atom. The topological polar surface area (TPSA) is 59.1 Å². The number of nitrogens with zero attached hydrogens (tertiary/aromatic N) is 2. The van der Waals surface area contributed by atoms with Gasteiger partial charge in [0.2, 0.25) is 0 Å². The van der Waals surface area contributed by atoms with Gasteiger partial charge in [0.05, 0.1) is 12.6 Å². The van der Waals surface area contributed by atoms with Gasteiger partial charge in [-0.1, -0.05) is 36.4 Å². The lowest BCUT2D eigenvalue weighted by molar-refractivity contribution is -0.151. The van der Waals surface area contributed by atoms with E-state index < -0.39 is 6.04 Å². The first-order valence-corrected chi connectivity index (χ1v) is 7.75. The van der Waals surface area contributed by atoms with Gasteiger partial charge in [0, 0.05) is 6.54 Å². The van der Waals surface area contributed by atoms with Gasteiger partial charge >= 0.3 is 12.0 Å². The number of hydrogen-bond donors (Lipinski definition) is 0. The molecule has 2 heterocycles. The molecule has 6 nitrogen and oxygen atoms in total. The fourth-order valence-corrected chi connectivity index (χ4v) is 3.00. The number of ether oxygens (including phenoxy) is 1. The normalized spacial score (nSPS) is 23.0. The first kappa shape index (κ1) is 15.6.